The predicted molar refractivity (Wildman–Crippen MR) is 117 cm³/mol. The van der Waals surface area contributed by atoms with Crippen LogP contribution >= 0.6 is 0 Å². The summed E-state index contributed by atoms with van der Waals surface area (Å²) in [5.41, 5.74) is 7.02. The number of nitrogens with zero attached hydrogens (tertiary/aromatic N) is 1. The Balaban J connectivity index is 1.98. The van der Waals surface area contributed by atoms with Crippen LogP contribution in [0.4, 0.5) is 16.2 Å². The third kappa shape index (κ3) is 11.6. The van der Waals surface area contributed by atoms with Crippen LogP contribution in [0.25, 0.3) is 0 Å². The minimum atomic E-state index is -0.894. The summed E-state index contributed by atoms with van der Waals surface area (Å²) in [6.07, 6.45) is 17.4. The minimum Gasteiger partial charge on any atom is -0.465 e. The molecule has 4 heteroatoms. The van der Waals surface area contributed by atoms with E-state index in [1.165, 1.54) is 81.9 Å². The van der Waals surface area contributed by atoms with E-state index in [1.54, 1.807) is 24.3 Å². The second kappa shape index (κ2) is 15.4. The molecule has 0 aliphatic carbocycles. The topological polar surface area (TPSA) is 66.6 Å². The third-order valence-electron chi connectivity index (χ3n) is 5.17. The fourth-order valence-electron chi connectivity index (χ4n) is 3.45. The molecule has 0 heterocycles. The maximum absolute atomic E-state index is 11.4. The molecule has 4 nitrogen and oxygen atoms in total. The molecular formula is C23H40N2O2. The molecule has 0 aliphatic heterocycles. The lowest BCUT2D eigenvalue weighted by atomic mass is 10.0. The lowest BCUT2D eigenvalue weighted by Gasteiger charge is -2.19. The zero-order valence-electron chi connectivity index (χ0n) is 17.3. The molecule has 1 rings (SSSR count). The third-order valence-corrected chi connectivity index (χ3v) is 5.17. The van der Waals surface area contributed by atoms with Crippen molar-refractivity contribution in [3.05, 3.63) is 24.3 Å². The number of rotatable bonds is 16. The van der Waals surface area contributed by atoms with Crippen molar-refractivity contribution in [3.8, 4) is 0 Å². The van der Waals surface area contributed by atoms with Crippen molar-refractivity contribution in [2.45, 2.75) is 96.8 Å². The van der Waals surface area contributed by atoms with E-state index in [0.717, 1.165) is 12.8 Å². The summed E-state index contributed by atoms with van der Waals surface area (Å²) in [6, 6.07) is 7.04. The molecule has 1 amide bonds. The van der Waals surface area contributed by atoms with Crippen LogP contribution in [0.1, 0.15) is 96.8 Å². The number of nitrogen functional groups attached to an aromatic ring is 1. The van der Waals surface area contributed by atoms with E-state index in [-0.39, 0.29) is 0 Å². The summed E-state index contributed by atoms with van der Waals surface area (Å²) in [7, 11) is 0. The molecule has 0 saturated heterocycles. The average molecular weight is 377 g/mol. The first-order chi connectivity index (χ1) is 13.1. The maximum Gasteiger partial charge on any atom is 0.411 e. The van der Waals surface area contributed by atoms with Gasteiger partial charge in [-0.25, -0.2) is 4.79 Å². The van der Waals surface area contributed by atoms with Gasteiger partial charge in [0.1, 0.15) is 0 Å². The Kier molecular flexibility index (Phi) is 13.3. The van der Waals surface area contributed by atoms with Gasteiger partial charge in [-0.2, -0.15) is 0 Å². The fourth-order valence-corrected chi connectivity index (χ4v) is 3.45. The quantitative estimate of drug-likeness (QED) is 0.236. The Bertz CT molecular complexity index is 488. The summed E-state index contributed by atoms with van der Waals surface area (Å²) in [5, 5.41) is 9.39. The summed E-state index contributed by atoms with van der Waals surface area (Å²) >= 11 is 0. The van der Waals surface area contributed by atoms with Crippen LogP contribution in [0.3, 0.4) is 0 Å². The molecule has 27 heavy (non-hydrogen) atoms. The molecule has 3 N–H and O–H groups in total. The monoisotopic (exact) mass is 376 g/mol. The van der Waals surface area contributed by atoms with Crippen LogP contribution in [0.5, 0.6) is 0 Å². The van der Waals surface area contributed by atoms with Crippen LogP contribution in [-0.4, -0.2) is 17.7 Å². The Hall–Kier alpha value is -1.71. The Labute approximate surface area is 166 Å². The van der Waals surface area contributed by atoms with E-state index in [4.69, 9.17) is 5.73 Å². The van der Waals surface area contributed by atoms with Crippen LogP contribution in [-0.2, 0) is 0 Å². The molecule has 1 aromatic rings. The molecule has 0 unspecified atom stereocenters. The number of hydrogen-bond acceptors (Lipinski definition) is 2. The number of carbonyl (C=O) groups is 1. The van der Waals surface area contributed by atoms with Crippen molar-refractivity contribution in [1.82, 2.24) is 0 Å². The molecule has 0 bridgehead atoms. The number of unbranched alkanes of at least 4 members (excludes halogenated alkanes) is 13. The number of nitrogens with two attached hydrogens (primary N) is 1. The molecule has 0 atom stereocenters. The van der Waals surface area contributed by atoms with Gasteiger partial charge in [0.15, 0.2) is 0 Å². The van der Waals surface area contributed by atoms with Crippen molar-refractivity contribution in [2.24, 2.45) is 0 Å². The molecule has 1 aromatic carbocycles. The number of hydrogen-bond donors (Lipinski definition) is 2. The fraction of sp³-hybridized carbons (Fsp3) is 0.696. The van der Waals surface area contributed by atoms with Gasteiger partial charge >= 0.3 is 6.09 Å². The van der Waals surface area contributed by atoms with E-state index in [9.17, 15) is 9.90 Å². The maximum atomic E-state index is 11.4. The van der Waals surface area contributed by atoms with Gasteiger partial charge in [0.2, 0.25) is 0 Å². The van der Waals surface area contributed by atoms with Crippen LogP contribution in [0.2, 0.25) is 0 Å². The highest BCUT2D eigenvalue weighted by Crippen LogP contribution is 2.18. The molecule has 0 aliphatic rings. The normalized spacial score (nSPS) is 10.9. The summed E-state index contributed by atoms with van der Waals surface area (Å²) < 4.78 is 0. The Morgan fingerprint density at radius 1 is 0.778 bits per heavy atom. The Morgan fingerprint density at radius 3 is 1.59 bits per heavy atom. The first kappa shape index (κ1) is 23.3. The summed E-state index contributed by atoms with van der Waals surface area (Å²) in [5.74, 6) is 0. The van der Waals surface area contributed by atoms with Gasteiger partial charge in [-0.3, -0.25) is 4.90 Å². The summed E-state index contributed by atoms with van der Waals surface area (Å²) in [6.45, 7) is 2.82. The largest absolute Gasteiger partial charge is 0.465 e. The highest BCUT2D eigenvalue weighted by atomic mass is 16.4. The minimum absolute atomic E-state index is 0.553. The van der Waals surface area contributed by atoms with E-state index in [1.807, 2.05) is 0 Å². The second-order valence-corrected chi connectivity index (χ2v) is 7.62. The van der Waals surface area contributed by atoms with Gasteiger partial charge in [-0.1, -0.05) is 90.4 Å². The molecule has 0 saturated carbocycles. The molecule has 0 aromatic heterocycles. The smallest absolute Gasteiger partial charge is 0.411 e. The van der Waals surface area contributed by atoms with Crippen molar-refractivity contribution in [3.63, 3.8) is 0 Å². The van der Waals surface area contributed by atoms with Crippen LogP contribution in [0, 0.1) is 0 Å². The molecular weight excluding hydrogens is 336 g/mol. The van der Waals surface area contributed by atoms with E-state index in [2.05, 4.69) is 6.92 Å². The molecule has 0 spiro atoms. The van der Waals surface area contributed by atoms with Gasteiger partial charge < -0.3 is 10.8 Å². The van der Waals surface area contributed by atoms with Crippen molar-refractivity contribution in [2.75, 3.05) is 17.2 Å². The predicted octanol–water partition coefficient (Wildman–Crippen LogP) is 7.23. The molecule has 154 valence electrons. The van der Waals surface area contributed by atoms with E-state index in [0.29, 0.717) is 17.9 Å². The van der Waals surface area contributed by atoms with Gasteiger partial charge in [-0.05, 0) is 30.7 Å². The SMILES string of the molecule is CCCCCCCCCCCCCCCCN(C(=O)O)c1ccc(N)cc1. The molecule has 0 fully saturated rings. The van der Waals surface area contributed by atoms with Crippen molar-refractivity contribution < 1.29 is 9.90 Å². The van der Waals surface area contributed by atoms with Gasteiger partial charge in [0.05, 0.1) is 0 Å². The zero-order valence-corrected chi connectivity index (χ0v) is 17.3. The highest BCUT2D eigenvalue weighted by Gasteiger charge is 2.13. The number of anilines is 2. The lowest BCUT2D eigenvalue weighted by molar-refractivity contribution is 0.201. The second-order valence-electron chi connectivity index (χ2n) is 7.62. The number of amides is 1. The zero-order chi connectivity index (χ0) is 19.7. The standard InChI is InChI=1S/C23H40N2O2/c1-2-3-4-5-6-7-8-9-10-11-12-13-14-15-20-25(23(26)27)22-18-16-21(24)17-19-22/h16-19H,2-15,20,24H2,1H3,(H,26,27). The van der Waals surface area contributed by atoms with Crippen molar-refractivity contribution in [1.29, 1.82) is 0 Å². The van der Waals surface area contributed by atoms with Crippen LogP contribution in [0.15, 0.2) is 24.3 Å². The molecule has 0 radical (unpaired) electrons. The average Bonchev–Trinajstić information content (AvgIpc) is 2.66. The van der Waals surface area contributed by atoms with Gasteiger partial charge in [0, 0.05) is 17.9 Å². The van der Waals surface area contributed by atoms with E-state index >= 15 is 0 Å². The van der Waals surface area contributed by atoms with Gasteiger partial charge in [0.25, 0.3) is 0 Å². The first-order valence-electron chi connectivity index (χ1n) is 11.0. The van der Waals surface area contributed by atoms with Gasteiger partial charge in [-0.15, -0.1) is 0 Å². The first-order valence-corrected chi connectivity index (χ1v) is 11.0. The summed E-state index contributed by atoms with van der Waals surface area (Å²) in [4.78, 5) is 12.9. The van der Waals surface area contributed by atoms with Crippen molar-refractivity contribution >= 4 is 17.5 Å². The number of benzene rings is 1. The van der Waals surface area contributed by atoms with E-state index < -0.39 is 6.09 Å². The lowest BCUT2D eigenvalue weighted by Crippen LogP contribution is -2.30. The Morgan fingerprint density at radius 2 is 1.19 bits per heavy atom. The number of carboxylic acid groups (broad SMARTS) is 1. The highest BCUT2D eigenvalue weighted by molar-refractivity contribution is 5.86. The van der Waals surface area contributed by atoms with Crippen LogP contribution < -0.4 is 10.6 Å².